The van der Waals surface area contributed by atoms with E-state index in [9.17, 15) is 0 Å². The Bertz CT molecular complexity index is 243. The molecule has 0 fully saturated rings. The Hall–Kier alpha value is -1.32. The third-order valence-corrected chi connectivity index (χ3v) is 1.21. The highest BCUT2D eigenvalue weighted by Gasteiger charge is 2.18. The van der Waals surface area contributed by atoms with E-state index in [-0.39, 0.29) is 6.67 Å². The lowest BCUT2D eigenvalue weighted by atomic mass is 10.1. The van der Waals surface area contributed by atoms with Crippen LogP contribution in [0.3, 0.4) is 0 Å². The second-order valence-electron chi connectivity index (χ2n) is 2.01. The molecule has 1 aliphatic heterocycles. The predicted octanol–water partition coefficient (Wildman–Crippen LogP) is -1.29. The Labute approximate surface area is 64.1 Å². The standard InChI is InChI=1S/C5H6BN3O2/c7-1-5-2-8-4-9(3-5)6(10)11/h2-3,10-11H,4H2. The first-order valence-electron chi connectivity index (χ1n) is 2.97. The van der Waals surface area contributed by atoms with Gasteiger partial charge in [-0.15, -0.1) is 0 Å². The molecule has 2 N–H and O–H groups in total. The number of allylic oxidation sites excluding steroid dienone is 1. The summed E-state index contributed by atoms with van der Waals surface area (Å²) >= 11 is 0. The van der Waals surface area contributed by atoms with Gasteiger partial charge in [-0.2, -0.15) is 5.26 Å². The van der Waals surface area contributed by atoms with Crippen LogP contribution in [-0.2, 0) is 0 Å². The van der Waals surface area contributed by atoms with Gasteiger partial charge in [0, 0.05) is 12.4 Å². The summed E-state index contributed by atoms with van der Waals surface area (Å²) in [6, 6.07) is 1.84. The lowest BCUT2D eigenvalue weighted by Gasteiger charge is -2.18. The van der Waals surface area contributed by atoms with E-state index in [0.29, 0.717) is 5.57 Å². The van der Waals surface area contributed by atoms with Gasteiger partial charge in [0.15, 0.2) is 0 Å². The Morgan fingerprint density at radius 2 is 2.45 bits per heavy atom. The van der Waals surface area contributed by atoms with Gasteiger partial charge < -0.3 is 14.9 Å². The number of nitriles is 1. The molecule has 0 bridgehead atoms. The predicted molar refractivity (Wildman–Crippen MR) is 39.1 cm³/mol. The number of nitrogens with zero attached hydrogens (tertiary/aromatic N) is 3. The molecule has 5 nitrogen and oxygen atoms in total. The van der Waals surface area contributed by atoms with Crippen LogP contribution in [0, 0.1) is 11.3 Å². The van der Waals surface area contributed by atoms with E-state index >= 15 is 0 Å². The molecule has 0 amide bonds. The van der Waals surface area contributed by atoms with Crippen molar-refractivity contribution in [1.82, 2.24) is 4.81 Å². The number of hydrogen-bond acceptors (Lipinski definition) is 5. The molecule has 6 heteroatoms. The van der Waals surface area contributed by atoms with Crippen molar-refractivity contribution < 1.29 is 10.0 Å². The molecule has 0 aromatic carbocycles. The molecule has 1 rings (SSSR count). The molecular weight excluding hydrogens is 145 g/mol. The molecule has 1 aliphatic rings. The van der Waals surface area contributed by atoms with Crippen LogP contribution in [0.4, 0.5) is 0 Å². The fourth-order valence-electron chi connectivity index (χ4n) is 0.684. The zero-order valence-electron chi connectivity index (χ0n) is 5.68. The molecule has 0 unspecified atom stereocenters. The largest absolute Gasteiger partial charge is 0.588 e. The molecular formula is C5H6BN3O2. The zero-order valence-corrected chi connectivity index (χ0v) is 5.68. The van der Waals surface area contributed by atoms with Crippen LogP contribution in [0.25, 0.3) is 0 Å². The van der Waals surface area contributed by atoms with E-state index in [0.717, 1.165) is 4.81 Å². The summed E-state index contributed by atoms with van der Waals surface area (Å²) in [5.74, 6) is 0. The molecule has 56 valence electrons. The topological polar surface area (TPSA) is 79.9 Å². The maximum atomic E-state index is 8.64. The molecule has 0 aromatic rings. The molecule has 0 atom stereocenters. The van der Waals surface area contributed by atoms with E-state index in [4.69, 9.17) is 15.3 Å². The smallest absolute Gasteiger partial charge is 0.408 e. The number of aliphatic imine (C=N–C) groups is 1. The minimum atomic E-state index is -1.59. The molecule has 0 spiro atoms. The van der Waals surface area contributed by atoms with Crippen LogP contribution in [-0.4, -0.2) is 35.0 Å². The van der Waals surface area contributed by atoms with Gasteiger partial charge in [-0.1, -0.05) is 0 Å². The van der Waals surface area contributed by atoms with E-state index in [1.807, 2.05) is 6.07 Å². The van der Waals surface area contributed by atoms with Gasteiger partial charge in [-0.3, -0.25) is 4.99 Å². The van der Waals surface area contributed by atoms with Crippen LogP contribution >= 0.6 is 0 Å². The monoisotopic (exact) mass is 151 g/mol. The van der Waals surface area contributed by atoms with Crippen LogP contribution in [0.5, 0.6) is 0 Å². The Morgan fingerprint density at radius 1 is 1.73 bits per heavy atom. The van der Waals surface area contributed by atoms with E-state index in [2.05, 4.69) is 4.99 Å². The quantitative estimate of drug-likeness (QED) is 0.456. The van der Waals surface area contributed by atoms with Gasteiger partial charge in [-0.25, -0.2) is 0 Å². The van der Waals surface area contributed by atoms with Crippen LogP contribution < -0.4 is 0 Å². The molecule has 11 heavy (non-hydrogen) atoms. The first-order valence-corrected chi connectivity index (χ1v) is 2.97. The van der Waals surface area contributed by atoms with Crippen molar-refractivity contribution in [3.8, 4) is 6.07 Å². The van der Waals surface area contributed by atoms with Gasteiger partial charge >= 0.3 is 7.25 Å². The third kappa shape index (κ3) is 1.80. The lowest BCUT2D eigenvalue weighted by Crippen LogP contribution is -2.37. The summed E-state index contributed by atoms with van der Waals surface area (Å²) in [5, 5.41) is 25.7. The summed E-state index contributed by atoms with van der Waals surface area (Å²) in [6.07, 6.45) is 2.73. The average Bonchev–Trinajstić information content (AvgIpc) is 2.05. The number of rotatable bonds is 1. The molecule has 0 aliphatic carbocycles. The lowest BCUT2D eigenvalue weighted by molar-refractivity contribution is 0.317. The summed E-state index contributed by atoms with van der Waals surface area (Å²) in [6.45, 7) is 0.169. The maximum Gasteiger partial charge on any atom is 0.588 e. The second-order valence-corrected chi connectivity index (χ2v) is 2.01. The zero-order chi connectivity index (χ0) is 8.27. The van der Waals surface area contributed by atoms with E-state index in [1.54, 1.807) is 0 Å². The molecule has 0 saturated heterocycles. The Kier molecular flexibility index (Phi) is 2.26. The molecule has 0 aromatic heterocycles. The van der Waals surface area contributed by atoms with Gasteiger partial charge in [0.2, 0.25) is 0 Å². The molecule has 0 saturated carbocycles. The van der Waals surface area contributed by atoms with Crippen molar-refractivity contribution in [3.63, 3.8) is 0 Å². The second kappa shape index (κ2) is 3.19. The molecule has 0 radical (unpaired) electrons. The third-order valence-electron chi connectivity index (χ3n) is 1.21. The fourth-order valence-corrected chi connectivity index (χ4v) is 0.684. The van der Waals surface area contributed by atoms with Gasteiger partial charge in [0.1, 0.15) is 12.7 Å². The highest BCUT2D eigenvalue weighted by Crippen LogP contribution is 2.01. The first kappa shape index (κ1) is 7.79. The van der Waals surface area contributed by atoms with Crippen molar-refractivity contribution in [3.05, 3.63) is 11.8 Å². The van der Waals surface area contributed by atoms with Gasteiger partial charge in [-0.05, 0) is 0 Å². The minimum absolute atomic E-state index is 0.169. The highest BCUT2D eigenvalue weighted by atomic mass is 16.4. The van der Waals surface area contributed by atoms with E-state index < -0.39 is 7.25 Å². The fraction of sp³-hybridized carbons (Fsp3) is 0.200. The van der Waals surface area contributed by atoms with Crippen molar-refractivity contribution in [2.24, 2.45) is 4.99 Å². The number of hydrogen-bond donors (Lipinski definition) is 2. The minimum Gasteiger partial charge on any atom is -0.408 e. The van der Waals surface area contributed by atoms with Crippen LogP contribution in [0.1, 0.15) is 0 Å². The Morgan fingerprint density at radius 3 is 3.00 bits per heavy atom. The Balaban J connectivity index is 2.71. The van der Waals surface area contributed by atoms with Crippen molar-refractivity contribution in [1.29, 1.82) is 5.26 Å². The van der Waals surface area contributed by atoms with Gasteiger partial charge in [0.25, 0.3) is 0 Å². The summed E-state index contributed by atoms with van der Waals surface area (Å²) < 4.78 is 0. The van der Waals surface area contributed by atoms with Crippen LogP contribution in [0.2, 0.25) is 0 Å². The average molecular weight is 151 g/mol. The summed E-state index contributed by atoms with van der Waals surface area (Å²) in [4.78, 5) is 4.86. The highest BCUT2D eigenvalue weighted by molar-refractivity contribution is 6.38. The summed E-state index contributed by atoms with van der Waals surface area (Å²) in [5.41, 5.74) is 0.310. The maximum absolute atomic E-state index is 8.64. The van der Waals surface area contributed by atoms with Crippen molar-refractivity contribution in [2.75, 3.05) is 6.67 Å². The SMILES string of the molecule is N#CC1=CN(B(O)O)CN=C1. The van der Waals surface area contributed by atoms with E-state index in [1.165, 1.54) is 12.4 Å². The molecule has 1 heterocycles. The van der Waals surface area contributed by atoms with Crippen LogP contribution in [0.15, 0.2) is 16.8 Å². The van der Waals surface area contributed by atoms with Crippen molar-refractivity contribution >= 4 is 13.5 Å². The summed E-state index contributed by atoms with van der Waals surface area (Å²) in [7, 11) is -1.59. The van der Waals surface area contributed by atoms with Crippen molar-refractivity contribution in [2.45, 2.75) is 0 Å². The first-order chi connectivity index (χ1) is 5.24. The normalized spacial score (nSPS) is 15.7. The van der Waals surface area contributed by atoms with Gasteiger partial charge in [0.05, 0.1) is 5.57 Å².